The molecule has 150 valence electrons. The van der Waals surface area contributed by atoms with Crippen LogP contribution in [-0.4, -0.2) is 37.2 Å². The van der Waals surface area contributed by atoms with E-state index in [0.717, 1.165) is 45.8 Å². The van der Waals surface area contributed by atoms with Crippen molar-refractivity contribution in [2.75, 3.05) is 36.5 Å². The number of morpholine rings is 1. The summed E-state index contributed by atoms with van der Waals surface area (Å²) in [6.45, 7) is 3.06. The fourth-order valence-corrected chi connectivity index (χ4v) is 4.84. The van der Waals surface area contributed by atoms with Gasteiger partial charge in [-0.2, -0.15) is 0 Å². The molecule has 1 saturated heterocycles. The molecule has 2 aromatic heterocycles. The van der Waals surface area contributed by atoms with E-state index in [1.165, 1.54) is 11.3 Å². The van der Waals surface area contributed by atoms with Gasteiger partial charge in [-0.05, 0) is 23.8 Å². The zero-order chi connectivity index (χ0) is 20.3. The van der Waals surface area contributed by atoms with Crippen LogP contribution in [0.3, 0.4) is 0 Å². The van der Waals surface area contributed by atoms with Gasteiger partial charge in [0.15, 0.2) is 0 Å². The van der Waals surface area contributed by atoms with E-state index in [1.807, 2.05) is 54.6 Å². The molecule has 30 heavy (non-hydrogen) atoms. The van der Waals surface area contributed by atoms with Gasteiger partial charge in [0.05, 0.1) is 34.3 Å². The normalized spacial score (nSPS) is 14.1. The number of hydrogen-bond donors (Lipinski definition) is 1. The van der Waals surface area contributed by atoms with E-state index in [0.29, 0.717) is 18.1 Å². The second kappa shape index (κ2) is 8.26. The number of thiophene rings is 1. The van der Waals surface area contributed by atoms with Gasteiger partial charge in [-0.1, -0.05) is 48.5 Å². The van der Waals surface area contributed by atoms with E-state index in [9.17, 15) is 4.79 Å². The SMILES string of the molecule is O=C(Nc1cccc2cccnc12)c1cc(-c2ccccc2)c(N2CCOCC2)s1. The van der Waals surface area contributed by atoms with Crippen LogP contribution in [0.15, 0.2) is 72.9 Å². The number of para-hydroxylation sites is 1. The van der Waals surface area contributed by atoms with Crippen LogP contribution in [0.2, 0.25) is 0 Å². The molecule has 6 heteroatoms. The minimum atomic E-state index is -0.116. The highest BCUT2D eigenvalue weighted by Crippen LogP contribution is 2.39. The maximum atomic E-state index is 13.2. The van der Waals surface area contributed by atoms with E-state index in [2.05, 4.69) is 27.3 Å². The highest BCUT2D eigenvalue weighted by Gasteiger charge is 2.22. The van der Waals surface area contributed by atoms with Gasteiger partial charge in [0.2, 0.25) is 0 Å². The second-order valence-electron chi connectivity index (χ2n) is 7.13. The van der Waals surface area contributed by atoms with Gasteiger partial charge in [0, 0.05) is 30.2 Å². The van der Waals surface area contributed by atoms with E-state index in [4.69, 9.17) is 4.74 Å². The van der Waals surface area contributed by atoms with Crippen molar-refractivity contribution in [2.24, 2.45) is 0 Å². The van der Waals surface area contributed by atoms with Crippen molar-refractivity contribution in [1.82, 2.24) is 4.98 Å². The highest BCUT2D eigenvalue weighted by molar-refractivity contribution is 7.18. The van der Waals surface area contributed by atoms with Gasteiger partial charge in [-0.15, -0.1) is 11.3 Å². The number of fused-ring (bicyclic) bond motifs is 1. The van der Waals surface area contributed by atoms with E-state index >= 15 is 0 Å². The lowest BCUT2D eigenvalue weighted by atomic mass is 10.1. The monoisotopic (exact) mass is 415 g/mol. The van der Waals surface area contributed by atoms with Crippen molar-refractivity contribution in [2.45, 2.75) is 0 Å². The lowest BCUT2D eigenvalue weighted by Gasteiger charge is -2.28. The number of ether oxygens (including phenoxy) is 1. The number of carbonyl (C=O) groups excluding carboxylic acids is 1. The van der Waals surface area contributed by atoms with Crippen LogP contribution < -0.4 is 10.2 Å². The lowest BCUT2D eigenvalue weighted by molar-refractivity contribution is 0.103. The predicted octanol–water partition coefficient (Wildman–Crippen LogP) is 5.05. The van der Waals surface area contributed by atoms with Gasteiger partial charge in [-0.3, -0.25) is 9.78 Å². The largest absolute Gasteiger partial charge is 0.378 e. The molecule has 5 nitrogen and oxygen atoms in total. The molecule has 0 bridgehead atoms. The Bertz CT molecular complexity index is 1180. The molecule has 5 rings (SSSR count). The first kappa shape index (κ1) is 18.8. The van der Waals surface area contributed by atoms with Crippen molar-refractivity contribution < 1.29 is 9.53 Å². The van der Waals surface area contributed by atoms with Crippen LogP contribution in [0.25, 0.3) is 22.0 Å². The Morgan fingerprint density at radius 3 is 2.63 bits per heavy atom. The fraction of sp³-hybridized carbons (Fsp3) is 0.167. The van der Waals surface area contributed by atoms with Crippen molar-refractivity contribution in [3.8, 4) is 11.1 Å². The number of amides is 1. The van der Waals surface area contributed by atoms with E-state index in [-0.39, 0.29) is 5.91 Å². The zero-order valence-electron chi connectivity index (χ0n) is 16.4. The smallest absolute Gasteiger partial charge is 0.265 e. The minimum Gasteiger partial charge on any atom is -0.378 e. The summed E-state index contributed by atoms with van der Waals surface area (Å²) in [5.41, 5.74) is 3.71. The number of nitrogens with one attached hydrogen (secondary N) is 1. The lowest BCUT2D eigenvalue weighted by Crippen LogP contribution is -2.35. The average molecular weight is 416 g/mol. The van der Waals surface area contributed by atoms with Crippen molar-refractivity contribution in [1.29, 1.82) is 0 Å². The van der Waals surface area contributed by atoms with Crippen LogP contribution in [0.1, 0.15) is 9.67 Å². The number of anilines is 2. The molecule has 0 spiro atoms. The number of rotatable bonds is 4. The molecule has 1 amide bonds. The maximum Gasteiger partial charge on any atom is 0.265 e. The quantitative estimate of drug-likeness (QED) is 0.507. The number of nitrogens with zero attached hydrogens (tertiary/aromatic N) is 2. The number of benzene rings is 2. The molecular weight excluding hydrogens is 394 g/mol. The minimum absolute atomic E-state index is 0.116. The third kappa shape index (κ3) is 3.67. The highest BCUT2D eigenvalue weighted by atomic mass is 32.1. The summed E-state index contributed by atoms with van der Waals surface area (Å²) < 4.78 is 5.52. The standard InChI is InChI=1S/C24H21N3O2S/c28-23(26-20-10-4-8-18-9-5-11-25-22(18)20)21-16-19(17-6-2-1-3-7-17)24(30-21)27-12-14-29-15-13-27/h1-11,16H,12-15H2,(H,26,28). The topological polar surface area (TPSA) is 54.5 Å². The molecule has 1 fully saturated rings. The first-order valence-electron chi connectivity index (χ1n) is 9.96. The molecule has 2 aromatic carbocycles. The molecule has 0 unspecified atom stereocenters. The fourth-order valence-electron chi connectivity index (χ4n) is 3.71. The zero-order valence-corrected chi connectivity index (χ0v) is 17.2. The summed E-state index contributed by atoms with van der Waals surface area (Å²) in [6.07, 6.45) is 1.74. The summed E-state index contributed by atoms with van der Waals surface area (Å²) in [6, 6.07) is 21.9. The van der Waals surface area contributed by atoms with Crippen LogP contribution in [0, 0.1) is 0 Å². The number of pyridine rings is 1. The molecule has 0 atom stereocenters. The van der Waals surface area contributed by atoms with Gasteiger partial charge >= 0.3 is 0 Å². The number of carbonyl (C=O) groups is 1. The molecule has 0 saturated carbocycles. The van der Waals surface area contributed by atoms with Crippen molar-refractivity contribution >= 4 is 38.8 Å². The predicted molar refractivity (Wildman–Crippen MR) is 122 cm³/mol. The molecule has 0 aliphatic carbocycles. The summed E-state index contributed by atoms with van der Waals surface area (Å²) in [7, 11) is 0. The summed E-state index contributed by atoms with van der Waals surface area (Å²) >= 11 is 1.53. The van der Waals surface area contributed by atoms with Crippen LogP contribution in [0.5, 0.6) is 0 Å². The third-order valence-electron chi connectivity index (χ3n) is 5.20. The first-order valence-corrected chi connectivity index (χ1v) is 10.8. The van der Waals surface area contributed by atoms with E-state index in [1.54, 1.807) is 6.20 Å². The van der Waals surface area contributed by atoms with Gasteiger partial charge in [0.1, 0.15) is 0 Å². The Hall–Kier alpha value is -3.22. The molecule has 1 aliphatic heterocycles. The maximum absolute atomic E-state index is 13.2. The van der Waals surface area contributed by atoms with Crippen molar-refractivity contribution in [3.63, 3.8) is 0 Å². The molecule has 1 N–H and O–H groups in total. The molecule has 4 aromatic rings. The van der Waals surface area contributed by atoms with Crippen molar-refractivity contribution in [3.05, 3.63) is 77.8 Å². The number of hydrogen-bond acceptors (Lipinski definition) is 5. The summed E-state index contributed by atoms with van der Waals surface area (Å²) in [5, 5.41) is 5.18. The molecule has 1 aliphatic rings. The van der Waals surface area contributed by atoms with Gasteiger partial charge in [-0.25, -0.2) is 0 Å². The number of aromatic nitrogens is 1. The van der Waals surface area contributed by atoms with Crippen LogP contribution >= 0.6 is 11.3 Å². The van der Waals surface area contributed by atoms with Crippen LogP contribution in [0.4, 0.5) is 10.7 Å². The Morgan fingerprint density at radius 1 is 1.00 bits per heavy atom. The summed E-state index contributed by atoms with van der Waals surface area (Å²) in [4.78, 5) is 20.6. The first-order chi connectivity index (χ1) is 14.8. The Balaban J connectivity index is 1.50. The van der Waals surface area contributed by atoms with Gasteiger partial charge < -0.3 is 15.0 Å². The Kier molecular flexibility index (Phi) is 5.17. The van der Waals surface area contributed by atoms with Gasteiger partial charge in [0.25, 0.3) is 5.91 Å². The van der Waals surface area contributed by atoms with E-state index < -0.39 is 0 Å². The average Bonchev–Trinajstić information content (AvgIpc) is 3.26. The molecule has 3 heterocycles. The second-order valence-corrected chi connectivity index (χ2v) is 8.16. The Labute approximate surface area is 178 Å². The Morgan fingerprint density at radius 2 is 1.80 bits per heavy atom. The molecular formula is C24H21N3O2S. The summed E-state index contributed by atoms with van der Waals surface area (Å²) in [5.74, 6) is -0.116. The third-order valence-corrected chi connectivity index (χ3v) is 6.39. The molecule has 0 radical (unpaired) electrons. The van der Waals surface area contributed by atoms with Crippen LogP contribution in [-0.2, 0) is 4.74 Å².